The van der Waals surface area contributed by atoms with Gasteiger partial charge in [-0.1, -0.05) is 42.5 Å². The van der Waals surface area contributed by atoms with Crippen LogP contribution in [0.3, 0.4) is 0 Å². The molecule has 3 aromatic heterocycles. The van der Waals surface area contributed by atoms with Crippen molar-refractivity contribution in [3.8, 4) is 0 Å². The topological polar surface area (TPSA) is 60.2 Å². The van der Waals surface area contributed by atoms with E-state index in [1.165, 1.54) is 15.9 Å². The molecule has 0 radical (unpaired) electrons. The van der Waals surface area contributed by atoms with E-state index < -0.39 is 0 Å². The van der Waals surface area contributed by atoms with E-state index in [4.69, 9.17) is 0 Å². The van der Waals surface area contributed by atoms with Crippen LogP contribution < -0.4 is 5.56 Å². The lowest BCUT2D eigenvalue weighted by Crippen LogP contribution is -2.15. The minimum absolute atomic E-state index is 0.127. The number of para-hydroxylation sites is 1. The van der Waals surface area contributed by atoms with Crippen LogP contribution in [0.5, 0.6) is 0 Å². The van der Waals surface area contributed by atoms with Gasteiger partial charge in [-0.2, -0.15) is 9.61 Å². The summed E-state index contributed by atoms with van der Waals surface area (Å²) in [7, 11) is 0. The molecule has 0 amide bonds. The summed E-state index contributed by atoms with van der Waals surface area (Å²) in [6.45, 7) is 2.02. The summed E-state index contributed by atoms with van der Waals surface area (Å²) in [5, 5.41) is 7.23. The molecule has 0 saturated carbocycles. The van der Waals surface area contributed by atoms with Gasteiger partial charge in [-0.05, 0) is 18.6 Å². The molecule has 3 heterocycles. The fourth-order valence-corrected chi connectivity index (χ4v) is 4.02. The minimum Gasteiger partial charge on any atom is -0.267 e. The lowest BCUT2D eigenvalue weighted by Gasteiger charge is -2.03. The van der Waals surface area contributed by atoms with Gasteiger partial charge in [0.25, 0.3) is 5.56 Å². The highest BCUT2D eigenvalue weighted by atomic mass is 32.2. The fraction of sp³-hybridized carbons (Fsp3) is 0.176. The number of pyridine rings is 1. The average molecular weight is 354 g/mol. The lowest BCUT2D eigenvalue weighted by molar-refractivity contribution is 0.852. The molecule has 1 aromatic carbocycles. The predicted molar refractivity (Wildman–Crippen MR) is 97.8 cm³/mol. The summed E-state index contributed by atoms with van der Waals surface area (Å²) in [4.78, 5) is 22.0. The van der Waals surface area contributed by atoms with E-state index in [0.717, 1.165) is 33.1 Å². The lowest BCUT2D eigenvalue weighted by atomic mass is 10.2. The second-order valence-corrected chi connectivity index (χ2v) is 7.30. The second-order valence-electron chi connectivity index (χ2n) is 5.26. The third-order valence-corrected chi connectivity index (χ3v) is 5.60. The summed E-state index contributed by atoms with van der Waals surface area (Å²) < 4.78 is 1.38. The molecule has 4 rings (SSSR count). The normalized spacial score (nSPS) is 11.4. The summed E-state index contributed by atoms with van der Waals surface area (Å²) in [6.07, 6.45) is 0.804. The number of hydrogen-bond acceptors (Lipinski definition) is 6. The summed E-state index contributed by atoms with van der Waals surface area (Å²) >= 11 is 3.05. The zero-order chi connectivity index (χ0) is 16.5. The number of benzene rings is 1. The van der Waals surface area contributed by atoms with Gasteiger partial charge in [0.1, 0.15) is 5.01 Å². The summed E-state index contributed by atoms with van der Waals surface area (Å²) in [5.41, 5.74) is 1.60. The molecule has 0 spiro atoms. The van der Waals surface area contributed by atoms with Gasteiger partial charge >= 0.3 is 0 Å². The first-order valence-electron chi connectivity index (χ1n) is 7.60. The molecule has 0 fully saturated rings. The van der Waals surface area contributed by atoms with E-state index in [1.54, 1.807) is 17.8 Å². The maximum Gasteiger partial charge on any atom is 0.275 e. The van der Waals surface area contributed by atoms with Crippen LogP contribution in [0.2, 0.25) is 0 Å². The largest absolute Gasteiger partial charge is 0.275 e. The maximum absolute atomic E-state index is 12.2. The average Bonchev–Trinajstić information content (AvgIpc) is 3.04. The Labute approximate surface area is 146 Å². The molecule has 0 saturated heterocycles. The summed E-state index contributed by atoms with van der Waals surface area (Å²) in [5.74, 6) is 0.608. The Bertz CT molecular complexity index is 1090. The van der Waals surface area contributed by atoms with Crippen molar-refractivity contribution in [2.75, 3.05) is 0 Å². The van der Waals surface area contributed by atoms with Crippen molar-refractivity contribution in [3.63, 3.8) is 0 Å². The van der Waals surface area contributed by atoms with Crippen LogP contribution in [0.1, 0.15) is 17.6 Å². The maximum atomic E-state index is 12.2. The third kappa shape index (κ3) is 2.92. The standard InChI is InChI=1S/C17H14N4OS2/c1-2-14-20-21-16(22)9-12(18-17(21)24-14)10-23-15-8-7-11-5-3-4-6-13(11)19-15/h3-9H,2,10H2,1H3. The highest BCUT2D eigenvalue weighted by Crippen LogP contribution is 2.23. The first-order valence-corrected chi connectivity index (χ1v) is 9.40. The number of hydrogen-bond donors (Lipinski definition) is 0. The Morgan fingerprint density at radius 3 is 2.92 bits per heavy atom. The molecule has 7 heteroatoms. The Hall–Kier alpha value is -2.25. The summed E-state index contributed by atoms with van der Waals surface area (Å²) in [6, 6.07) is 13.6. The molecule has 0 aliphatic heterocycles. The Morgan fingerprint density at radius 2 is 2.04 bits per heavy atom. The van der Waals surface area contributed by atoms with Crippen molar-refractivity contribution in [1.29, 1.82) is 0 Å². The number of rotatable bonds is 4. The van der Waals surface area contributed by atoms with Gasteiger partial charge in [-0.15, -0.1) is 11.8 Å². The number of thioether (sulfide) groups is 1. The van der Waals surface area contributed by atoms with Crippen LogP contribution in [-0.4, -0.2) is 19.6 Å². The monoisotopic (exact) mass is 354 g/mol. The van der Waals surface area contributed by atoms with Gasteiger partial charge in [0, 0.05) is 17.2 Å². The van der Waals surface area contributed by atoms with Crippen molar-refractivity contribution in [1.82, 2.24) is 19.6 Å². The Kier molecular flexibility index (Phi) is 4.03. The first-order chi connectivity index (χ1) is 11.7. The van der Waals surface area contributed by atoms with Gasteiger partial charge in [0.2, 0.25) is 4.96 Å². The Morgan fingerprint density at radius 1 is 1.17 bits per heavy atom. The SMILES string of the molecule is CCc1nn2c(=O)cc(CSc3ccc4ccccc4n3)nc2s1. The molecular weight excluding hydrogens is 340 g/mol. The van der Waals surface area contributed by atoms with Gasteiger partial charge in [-0.25, -0.2) is 9.97 Å². The fourth-order valence-electron chi connectivity index (χ4n) is 2.39. The van der Waals surface area contributed by atoms with Crippen LogP contribution in [0.25, 0.3) is 15.9 Å². The van der Waals surface area contributed by atoms with E-state index in [9.17, 15) is 4.79 Å². The minimum atomic E-state index is -0.127. The van der Waals surface area contributed by atoms with Gasteiger partial charge in [0.15, 0.2) is 0 Å². The molecule has 0 atom stereocenters. The number of aromatic nitrogens is 4. The van der Waals surface area contributed by atoms with Crippen molar-refractivity contribution in [2.24, 2.45) is 0 Å². The van der Waals surface area contributed by atoms with E-state index >= 15 is 0 Å². The second kappa shape index (κ2) is 6.33. The first kappa shape index (κ1) is 15.3. The molecule has 0 aliphatic rings. The van der Waals surface area contributed by atoms with Crippen LogP contribution in [-0.2, 0) is 12.2 Å². The van der Waals surface area contributed by atoms with Gasteiger partial charge in [-0.3, -0.25) is 4.79 Å². The highest BCUT2D eigenvalue weighted by Gasteiger charge is 2.09. The van der Waals surface area contributed by atoms with Crippen LogP contribution in [0.15, 0.2) is 52.3 Å². The van der Waals surface area contributed by atoms with Gasteiger partial charge in [0.05, 0.1) is 16.2 Å². The zero-order valence-electron chi connectivity index (χ0n) is 13.0. The Balaban J connectivity index is 1.60. The van der Waals surface area contributed by atoms with Crippen molar-refractivity contribution in [3.05, 3.63) is 63.5 Å². The molecule has 4 aromatic rings. The van der Waals surface area contributed by atoms with E-state index in [1.807, 2.05) is 37.3 Å². The van der Waals surface area contributed by atoms with Gasteiger partial charge < -0.3 is 0 Å². The quantitative estimate of drug-likeness (QED) is 0.525. The molecule has 24 heavy (non-hydrogen) atoms. The van der Waals surface area contributed by atoms with E-state index in [2.05, 4.69) is 21.1 Å². The van der Waals surface area contributed by atoms with Crippen LogP contribution >= 0.6 is 23.1 Å². The molecule has 0 bridgehead atoms. The number of fused-ring (bicyclic) bond motifs is 2. The van der Waals surface area contributed by atoms with Crippen LogP contribution in [0.4, 0.5) is 0 Å². The van der Waals surface area contributed by atoms with Crippen LogP contribution in [0, 0.1) is 0 Å². The smallest absolute Gasteiger partial charge is 0.267 e. The molecular formula is C17H14N4OS2. The van der Waals surface area contributed by atoms with E-state index in [0.29, 0.717) is 10.7 Å². The molecule has 5 nitrogen and oxygen atoms in total. The van der Waals surface area contributed by atoms with Crippen molar-refractivity contribution < 1.29 is 0 Å². The molecule has 0 aliphatic carbocycles. The third-order valence-electron chi connectivity index (χ3n) is 3.58. The number of nitrogens with zero attached hydrogens (tertiary/aromatic N) is 4. The zero-order valence-corrected chi connectivity index (χ0v) is 14.6. The van der Waals surface area contributed by atoms with Crippen molar-refractivity contribution >= 4 is 39.0 Å². The molecule has 120 valence electrons. The number of aryl methyl sites for hydroxylation is 1. The molecule has 0 N–H and O–H groups in total. The van der Waals surface area contributed by atoms with E-state index in [-0.39, 0.29) is 5.56 Å². The molecule has 0 unspecified atom stereocenters. The predicted octanol–water partition coefficient (Wildman–Crippen LogP) is 3.55. The van der Waals surface area contributed by atoms with Crippen molar-refractivity contribution in [2.45, 2.75) is 24.1 Å². The highest BCUT2D eigenvalue weighted by molar-refractivity contribution is 7.98.